The number of sulfonamides is 1. The van der Waals surface area contributed by atoms with Crippen molar-refractivity contribution < 1.29 is 18.3 Å². The predicted molar refractivity (Wildman–Crippen MR) is 122 cm³/mol. The number of imidazole rings is 1. The van der Waals surface area contributed by atoms with Gasteiger partial charge in [0.25, 0.3) is 0 Å². The molecule has 1 fully saturated rings. The predicted octanol–water partition coefficient (Wildman–Crippen LogP) is 3.60. The van der Waals surface area contributed by atoms with E-state index < -0.39 is 16.0 Å². The van der Waals surface area contributed by atoms with Gasteiger partial charge in [-0.2, -0.15) is 4.31 Å². The van der Waals surface area contributed by atoms with Crippen LogP contribution in [0.4, 0.5) is 0 Å². The molecule has 1 aliphatic carbocycles. The van der Waals surface area contributed by atoms with Crippen LogP contribution in [-0.4, -0.2) is 51.7 Å². The molecule has 7 nitrogen and oxygen atoms in total. The Hall–Kier alpha value is -2.36. The van der Waals surface area contributed by atoms with Crippen molar-refractivity contribution in [2.45, 2.75) is 42.8 Å². The molecule has 0 aliphatic heterocycles. The lowest BCUT2D eigenvalue weighted by Crippen LogP contribution is -2.35. The smallest absolute Gasteiger partial charge is 0.323 e. The molecule has 1 N–H and O–H groups in total. The number of thioether (sulfide) groups is 1. The molecule has 1 aliphatic rings. The van der Waals surface area contributed by atoms with Crippen LogP contribution in [0.5, 0.6) is 0 Å². The van der Waals surface area contributed by atoms with Crippen LogP contribution in [0.2, 0.25) is 0 Å². The van der Waals surface area contributed by atoms with Crippen molar-refractivity contribution in [3.05, 3.63) is 60.2 Å². The molecule has 1 heterocycles. The Kier molecular flexibility index (Phi) is 6.64. The van der Waals surface area contributed by atoms with Crippen LogP contribution in [0.15, 0.2) is 59.8 Å². The zero-order chi connectivity index (χ0) is 21.8. The molecule has 4 rings (SSSR count). The Balaban J connectivity index is 1.40. The molecule has 31 heavy (non-hydrogen) atoms. The van der Waals surface area contributed by atoms with Gasteiger partial charge < -0.3 is 9.67 Å². The van der Waals surface area contributed by atoms with Gasteiger partial charge in [0.2, 0.25) is 10.0 Å². The number of fused-ring (bicyclic) bond motifs is 1. The molecule has 0 unspecified atom stereocenters. The monoisotopic (exact) mass is 459 g/mol. The van der Waals surface area contributed by atoms with E-state index in [0.29, 0.717) is 23.9 Å². The Morgan fingerprint density at radius 2 is 1.84 bits per heavy atom. The van der Waals surface area contributed by atoms with Crippen molar-refractivity contribution in [2.24, 2.45) is 0 Å². The van der Waals surface area contributed by atoms with Crippen molar-refractivity contribution in [1.29, 1.82) is 0 Å². The summed E-state index contributed by atoms with van der Waals surface area (Å²) in [4.78, 5) is 15.9. The molecule has 0 radical (unpaired) electrons. The number of benzene rings is 2. The minimum atomic E-state index is -3.38. The number of aromatic nitrogens is 2. The second-order valence-corrected chi connectivity index (χ2v) is 10.6. The van der Waals surface area contributed by atoms with E-state index in [1.165, 1.54) is 11.8 Å². The van der Waals surface area contributed by atoms with E-state index in [-0.39, 0.29) is 18.3 Å². The third kappa shape index (κ3) is 5.47. The molecule has 3 aromatic rings. The summed E-state index contributed by atoms with van der Waals surface area (Å²) in [5, 5.41) is 9.91. The number of para-hydroxylation sites is 2. The highest BCUT2D eigenvalue weighted by molar-refractivity contribution is 7.99. The highest BCUT2D eigenvalue weighted by Crippen LogP contribution is 2.31. The van der Waals surface area contributed by atoms with Crippen LogP contribution >= 0.6 is 11.8 Å². The number of aliphatic carboxylic acids is 1. The molecule has 9 heteroatoms. The summed E-state index contributed by atoms with van der Waals surface area (Å²) >= 11 is 1.47. The first kappa shape index (κ1) is 21.9. The molecule has 1 aromatic heterocycles. The van der Waals surface area contributed by atoms with Gasteiger partial charge in [-0.25, -0.2) is 13.4 Å². The molecular weight excluding hydrogens is 434 g/mol. The number of carboxylic acids is 1. The van der Waals surface area contributed by atoms with E-state index >= 15 is 0 Å². The standard InChI is InChI=1S/C22H25N3O4S2/c26-21(27)15-24-20-10-5-4-9-19(20)23-22(24)30-14-6-13-25(18-11-12-18)31(28,29)16-17-7-2-1-3-8-17/h1-5,7-10,18H,6,11-16H2,(H,26,27). The fraction of sp³-hybridized carbons (Fsp3) is 0.364. The minimum Gasteiger partial charge on any atom is -0.480 e. The first-order chi connectivity index (χ1) is 14.9. The van der Waals surface area contributed by atoms with Gasteiger partial charge in [0.05, 0.1) is 16.8 Å². The second kappa shape index (κ2) is 9.42. The summed E-state index contributed by atoms with van der Waals surface area (Å²) in [6.45, 7) is 0.314. The van der Waals surface area contributed by atoms with Crippen LogP contribution in [0.25, 0.3) is 11.0 Å². The molecule has 0 amide bonds. The summed E-state index contributed by atoms with van der Waals surface area (Å²) in [5.74, 6) is -0.240. The average molecular weight is 460 g/mol. The van der Waals surface area contributed by atoms with Gasteiger partial charge in [0, 0.05) is 18.3 Å². The van der Waals surface area contributed by atoms with E-state index in [1.54, 1.807) is 8.87 Å². The molecule has 164 valence electrons. The van der Waals surface area contributed by atoms with E-state index in [1.807, 2.05) is 54.6 Å². The van der Waals surface area contributed by atoms with E-state index in [4.69, 9.17) is 0 Å². The van der Waals surface area contributed by atoms with Crippen LogP contribution in [0.3, 0.4) is 0 Å². The maximum Gasteiger partial charge on any atom is 0.323 e. The highest BCUT2D eigenvalue weighted by Gasteiger charge is 2.36. The number of carboxylic acid groups (broad SMARTS) is 1. The maximum absolute atomic E-state index is 13.0. The molecule has 0 atom stereocenters. The van der Waals surface area contributed by atoms with Crippen LogP contribution in [0, 0.1) is 0 Å². The largest absolute Gasteiger partial charge is 0.480 e. The minimum absolute atomic E-state index is 0.0197. The Morgan fingerprint density at radius 1 is 1.13 bits per heavy atom. The first-order valence-corrected chi connectivity index (χ1v) is 12.9. The van der Waals surface area contributed by atoms with Crippen LogP contribution in [0.1, 0.15) is 24.8 Å². The van der Waals surface area contributed by atoms with Gasteiger partial charge in [0.15, 0.2) is 5.16 Å². The number of hydrogen-bond acceptors (Lipinski definition) is 5. The van der Waals surface area contributed by atoms with Gasteiger partial charge >= 0.3 is 5.97 Å². The summed E-state index contributed by atoms with van der Waals surface area (Å²) in [7, 11) is -3.38. The van der Waals surface area contributed by atoms with E-state index in [9.17, 15) is 18.3 Å². The summed E-state index contributed by atoms with van der Waals surface area (Å²) in [6, 6.07) is 16.8. The molecule has 0 saturated heterocycles. The van der Waals surface area contributed by atoms with Gasteiger partial charge in [-0.1, -0.05) is 54.2 Å². The number of hydrogen-bond donors (Lipinski definition) is 1. The van der Waals surface area contributed by atoms with Crippen molar-refractivity contribution >= 4 is 38.8 Å². The normalized spacial score (nSPS) is 14.4. The molecule has 1 saturated carbocycles. The fourth-order valence-corrected chi connectivity index (χ4v) is 6.40. The first-order valence-electron chi connectivity index (χ1n) is 10.3. The maximum atomic E-state index is 13.0. The Morgan fingerprint density at radius 3 is 2.55 bits per heavy atom. The van der Waals surface area contributed by atoms with Gasteiger partial charge in [0.1, 0.15) is 6.54 Å². The average Bonchev–Trinajstić information content (AvgIpc) is 3.51. The van der Waals surface area contributed by atoms with Gasteiger partial charge in [-0.3, -0.25) is 4.79 Å². The van der Waals surface area contributed by atoms with Crippen molar-refractivity contribution in [3.63, 3.8) is 0 Å². The lowest BCUT2D eigenvalue weighted by atomic mass is 10.2. The highest BCUT2D eigenvalue weighted by atomic mass is 32.2. The van der Waals surface area contributed by atoms with Crippen molar-refractivity contribution in [1.82, 2.24) is 13.9 Å². The third-order valence-corrected chi connectivity index (χ3v) is 8.13. The van der Waals surface area contributed by atoms with Gasteiger partial charge in [-0.05, 0) is 37.0 Å². The molecule has 0 bridgehead atoms. The zero-order valence-corrected chi connectivity index (χ0v) is 18.7. The quantitative estimate of drug-likeness (QED) is 0.348. The Bertz CT molecular complexity index is 1160. The lowest BCUT2D eigenvalue weighted by Gasteiger charge is -2.22. The van der Waals surface area contributed by atoms with E-state index in [0.717, 1.165) is 29.4 Å². The van der Waals surface area contributed by atoms with Crippen LogP contribution < -0.4 is 0 Å². The summed E-state index contributed by atoms with van der Waals surface area (Å²) in [6.07, 6.45) is 2.50. The van der Waals surface area contributed by atoms with E-state index in [2.05, 4.69) is 4.98 Å². The lowest BCUT2D eigenvalue weighted by molar-refractivity contribution is -0.137. The van der Waals surface area contributed by atoms with Crippen LogP contribution in [-0.2, 0) is 27.1 Å². The van der Waals surface area contributed by atoms with Crippen molar-refractivity contribution in [3.8, 4) is 0 Å². The number of nitrogens with zero attached hydrogens (tertiary/aromatic N) is 3. The summed E-state index contributed by atoms with van der Waals surface area (Å²) in [5.41, 5.74) is 2.35. The number of carbonyl (C=O) groups is 1. The second-order valence-electron chi connectivity index (χ2n) is 7.65. The zero-order valence-electron chi connectivity index (χ0n) is 17.1. The SMILES string of the molecule is O=C(O)Cn1c(SCCCN(C2CC2)S(=O)(=O)Cc2ccccc2)nc2ccccc21. The molecule has 0 spiro atoms. The fourth-order valence-electron chi connectivity index (χ4n) is 3.61. The van der Waals surface area contributed by atoms with Crippen molar-refractivity contribution in [2.75, 3.05) is 12.3 Å². The number of rotatable bonds is 11. The topological polar surface area (TPSA) is 92.5 Å². The summed E-state index contributed by atoms with van der Waals surface area (Å²) < 4.78 is 29.3. The molecular formula is C22H25N3O4S2. The van der Waals surface area contributed by atoms with Gasteiger partial charge in [-0.15, -0.1) is 0 Å². The third-order valence-electron chi connectivity index (χ3n) is 5.17. The molecule has 2 aromatic carbocycles. The Labute approximate surface area is 186 Å².